The molecule has 0 aromatic carbocycles. The summed E-state index contributed by atoms with van der Waals surface area (Å²) in [5.41, 5.74) is 1.77. The van der Waals surface area contributed by atoms with Gasteiger partial charge in [-0.2, -0.15) is 10.2 Å². The zero-order valence-corrected chi connectivity index (χ0v) is 14.0. The molecule has 24 heavy (non-hydrogen) atoms. The molecule has 2 aliphatic rings. The van der Waals surface area contributed by atoms with E-state index in [1.165, 1.54) is 0 Å². The molecule has 4 rings (SSSR count). The maximum Gasteiger partial charge on any atom is 0.246 e. The number of nitriles is 1. The van der Waals surface area contributed by atoms with Gasteiger partial charge in [0.05, 0.1) is 12.7 Å². The van der Waals surface area contributed by atoms with Gasteiger partial charge in [-0.3, -0.25) is 4.90 Å². The van der Waals surface area contributed by atoms with Crippen molar-refractivity contribution >= 4 is 0 Å². The Kier molecular flexibility index (Phi) is 3.87. The predicted octanol–water partition coefficient (Wildman–Crippen LogP) is 2.12. The first-order valence-electron chi connectivity index (χ1n) is 8.40. The van der Waals surface area contributed by atoms with Gasteiger partial charge in [-0.1, -0.05) is 5.16 Å². The number of ether oxygens (including phenoxy) is 1. The van der Waals surface area contributed by atoms with Gasteiger partial charge in [0, 0.05) is 32.3 Å². The minimum absolute atomic E-state index is 0.00889. The summed E-state index contributed by atoms with van der Waals surface area (Å²) in [6.07, 6.45) is 4.30. The van der Waals surface area contributed by atoms with E-state index in [1.807, 2.05) is 30.8 Å². The molecular weight excluding hydrogens is 306 g/mol. The van der Waals surface area contributed by atoms with Gasteiger partial charge in [0.15, 0.2) is 5.82 Å². The smallest absolute Gasteiger partial charge is 0.246 e. The van der Waals surface area contributed by atoms with Crippen molar-refractivity contribution in [3.63, 3.8) is 0 Å². The van der Waals surface area contributed by atoms with E-state index in [1.54, 1.807) is 0 Å². The molecule has 2 aromatic heterocycles. The molecule has 0 amide bonds. The normalized spacial score (nSPS) is 24.9. The topological polar surface area (TPSA) is 80.1 Å². The second kappa shape index (κ2) is 6.04. The second-order valence-corrected chi connectivity index (χ2v) is 6.71. The lowest BCUT2D eigenvalue weighted by molar-refractivity contribution is -0.0763. The highest BCUT2D eigenvalue weighted by Gasteiger charge is 2.37. The predicted molar refractivity (Wildman–Crippen MR) is 85.0 cm³/mol. The lowest BCUT2D eigenvalue weighted by Crippen LogP contribution is -2.43. The third-order valence-corrected chi connectivity index (χ3v) is 4.81. The Labute approximate surface area is 140 Å². The molecule has 0 spiro atoms. The van der Waals surface area contributed by atoms with E-state index in [2.05, 4.69) is 21.1 Å². The fourth-order valence-electron chi connectivity index (χ4n) is 3.36. The summed E-state index contributed by atoms with van der Waals surface area (Å²) in [5, 5.41) is 13.3. The van der Waals surface area contributed by atoms with Crippen molar-refractivity contribution in [3.8, 4) is 6.07 Å². The number of aromatic nitrogens is 3. The van der Waals surface area contributed by atoms with E-state index in [9.17, 15) is 0 Å². The van der Waals surface area contributed by atoms with Crippen molar-refractivity contribution in [1.29, 1.82) is 5.26 Å². The maximum absolute atomic E-state index is 9.13. The highest BCUT2D eigenvalue weighted by molar-refractivity contribution is 5.28. The molecule has 1 aliphatic heterocycles. The molecule has 0 N–H and O–H groups in total. The summed E-state index contributed by atoms with van der Waals surface area (Å²) < 4.78 is 13.2. The third-order valence-electron chi connectivity index (χ3n) is 4.81. The fraction of sp³-hybridized carbons (Fsp3) is 0.588. The van der Waals surface area contributed by atoms with Crippen LogP contribution in [-0.2, 0) is 18.3 Å². The molecule has 3 heterocycles. The summed E-state index contributed by atoms with van der Waals surface area (Å²) >= 11 is 0. The Morgan fingerprint density at radius 3 is 2.96 bits per heavy atom. The van der Waals surface area contributed by atoms with Gasteiger partial charge < -0.3 is 13.8 Å². The molecule has 1 aliphatic carbocycles. The Bertz CT molecular complexity index is 770. The third kappa shape index (κ3) is 2.83. The zero-order chi connectivity index (χ0) is 16.7. The summed E-state index contributed by atoms with van der Waals surface area (Å²) in [6, 6.07) is 4.09. The SMILES string of the molecule is C[C@H]1OCCN(Cc2cc(C#N)n(C)c2)[C@@H]1c1nc(C2CC2)no1. The van der Waals surface area contributed by atoms with E-state index < -0.39 is 0 Å². The van der Waals surface area contributed by atoms with Gasteiger partial charge in [0.2, 0.25) is 5.89 Å². The van der Waals surface area contributed by atoms with Crippen molar-refractivity contribution in [2.45, 2.75) is 44.4 Å². The van der Waals surface area contributed by atoms with Crippen LogP contribution in [0.4, 0.5) is 0 Å². The number of hydrogen-bond acceptors (Lipinski definition) is 6. The van der Waals surface area contributed by atoms with Crippen LogP contribution in [0.1, 0.15) is 54.7 Å². The zero-order valence-electron chi connectivity index (χ0n) is 14.0. The van der Waals surface area contributed by atoms with Crippen LogP contribution in [0.25, 0.3) is 0 Å². The van der Waals surface area contributed by atoms with Crippen LogP contribution in [0, 0.1) is 11.3 Å². The first-order valence-corrected chi connectivity index (χ1v) is 8.40. The summed E-state index contributed by atoms with van der Waals surface area (Å²) in [5.74, 6) is 1.94. The van der Waals surface area contributed by atoms with Gasteiger partial charge in [-0.25, -0.2) is 0 Å². The monoisotopic (exact) mass is 327 g/mol. The van der Waals surface area contributed by atoms with Crippen LogP contribution < -0.4 is 0 Å². The van der Waals surface area contributed by atoms with Crippen molar-refractivity contribution in [1.82, 2.24) is 19.6 Å². The van der Waals surface area contributed by atoms with Crippen molar-refractivity contribution in [2.75, 3.05) is 13.2 Å². The highest BCUT2D eigenvalue weighted by atomic mass is 16.5. The van der Waals surface area contributed by atoms with E-state index >= 15 is 0 Å². The molecule has 126 valence electrons. The molecule has 0 radical (unpaired) electrons. The van der Waals surface area contributed by atoms with Gasteiger partial charge in [-0.15, -0.1) is 0 Å². The van der Waals surface area contributed by atoms with Crippen molar-refractivity contribution in [2.24, 2.45) is 7.05 Å². The van der Waals surface area contributed by atoms with Crippen LogP contribution in [0.2, 0.25) is 0 Å². The second-order valence-electron chi connectivity index (χ2n) is 6.71. The largest absolute Gasteiger partial charge is 0.375 e. The fourth-order valence-corrected chi connectivity index (χ4v) is 3.36. The van der Waals surface area contributed by atoms with Gasteiger partial charge in [0.1, 0.15) is 17.8 Å². The van der Waals surface area contributed by atoms with E-state index in [4.69, 9.17) is 14.5 Å². The average molecular weight is 327 g/mol. The molecule has 7 nitrogen and oxygen atoms in total. The van der Waals surface area contributed by atoms with Gasteiger partial charge in [0.25, 0.3) is 0 Å². The standard InChI is InChI=1S/C17H21N5O2/c1-11-15(17-19-16(20-24-17)13-3-4-13)22(5-6-23-11)10-12-7-14(8-18)21(2)9-12/h7,9,11,13,15H,3-6,10H2,1-2H3/t11-,15+/m1/s1. The Balaban J connectivity index is 1.57. The number of rotatable bonds is 4. The Hall–Kier alpha value is -2.17. The van der Waals surface area contributed by atoms with E-state index in [0.717, 1.165) is 37.3 Å². The minimum Gasteiger partial charge on any atom is -0.375 e. The van der Waals surface area contributed by atoms with E-state index in [0.29, 0.717) is 24.1 Å². The van der Waals surface area contributed by atoms with Crippen molar-refractivity contribution < 1.29 is 9.26 Å². The molecule has 2 atom stereocenters. The molecule has 2 fully saturated rings. The molecule has 0 unspecified atom stereocenters. The Morgan fingerprint density at radius 2 is 2.25 bits per heavy atom. The molecule has 7 heteroatoms. The minimum atomic E-state index is -0.0514. The van der Waals surface area contributed by atoms with Gasteiger partial charge >= 0.3 is 0 Å². The molecule has 1 saturated heterocycles. The van der Waals surface area contributed by atoms with Crippen LogP contribution in [0.5, 0.6) is 0 Å². The van der Waals surface area contributed by atoms with Crippen LogP contribution >= 0.6 is 0 Å². The quantitative estimate of drug-likeness (QED) is 0.856. The molecule has 2 aromatic rings. The lowest BCUT2D eigenvalue weighted by Gasteiger charge is -2.37. The average Bonchev–Trinajstić information content (AvgIpc) is 3.19. The molecule has 0 bridgehead atoms. The van der Waals surface area contributed by atoms with Gasteiger partial charge in [-0.05, 0) is 31.4 Å². The lowest BCUT2D eigenvalue weighted by atomic mass is 10.1. The van der Waals surface area contributed by atoms with Crippen molar-refractivity contribution in [3.05, 3.63) is 35.2 Å². The summed E-state index contributed by atoms with van der Waals surface area (Å²) in [7, 11) is 1.89. The van der Waals surface area contributed by atoms with Crippen LogP contribution in [-0.4, -0.2) is 38.9 Å². The summed E-state index contributed by atoms with van der Waals surface area (Å²) in [6.45, 7) is 4.25. The molecular formula is C17H21N5O2. The van der Waals surface area contributed by atoms with Crippen LogP contribution in [0.15, 0.2) is 16.8 Å². The first-order chi connectivity index (χ1) is 11.7. The number of nitrogens with zero attached hydrogens (tertiary/aromatic N) is 5. The van der Waals surface area contributed by atoms with E-state index in [-0.39, 0.29) is 12.1 Å². The first kappa shape index (κ1) is 15.4. The van der Waals surface area contributed by atoms with Crippen LogP contribution in [0.3, 0.4) is 0 Å². The number of aryl methyl sites for hydroxylation is 1. The number of hydrogen-bond donors (Lipinski definition) is 0. The summed E-state index contributed by atoms with van der Waals surface area (Å²) in [4.78, 5) is 6.92. The molecule has 1 saturated carbocycles. The number of morpholine rings is 1. The highest BCUT2D eigenvalue weighted by Crippen LogP contribution is 2.39. The Morgan fingerprint density at radius 1 is 1.42 bits per heavy atom. The maximum atomic E-state index is 9.13.